The van der Waals surface area contributed by atoms with E-state index in [9.17, 15) is 9.59 Å². The molecule has 0 saturated heterocycles. The van der Waals surface area contributed by atoms with Crippen LogP contribution in [0.25, 0.3) is 0 Å². The van der Waals surface area contributed by atoms with Gasteiger partial charge in [0.15, 0.2) is 0 Å². The Morgan fingerprint density at radius 2 is 2.20 bits per heavy atom. The number of hydrogen-bond acceptors (Lipinski definition) is 3. The Labute approximate surface area is 89.3 Å². The average Bonchev–Trinajstić information content (AvgIpc) is 2.17. The summed E-state index contributed by atoms with van der Waals surface area (Å²) in [6, 6.07) is 0. The van der Waals surface area contributed by atoms with Crippen molar-refractivity contribution in [3.63, 3.8) is 0 Å². The van der Waals surface area contributed by atoms with Crippen LogP contribution in [0.3, 0.4) is 0 Å². The molecular formula is C10H17NO4. The molecule has 0 atom stereocenters. The van der Waals surface area contributed by atoms with Gasteiger partial charge in [-0.2, -0.15) is 0 Å². The third kappa shape index (κ3) is 6.68. The molecule has 0 spiro atoms. The minimum absolute atomic E-state index is 0.0979. The Hall–Kier alpha value is -1.36. The number of carbonyl (C=O) groups excluding carboxylic acids is 1. The van der Waals surface area contributed by atoms with Crippen molar-refractivity contribution in [2.24, 2.45) is 0 Å². The van der Waals surface area contributed by atoms with E-state index < -0.39 is 5.97 Å². The summed E-state index contributed by atoms with van der Waals surface area (Å²) in [7, 11) is 0. The first-order valence-corrected chi connectivity index (χ1v) is 4.80. The third-order valence-electron chi connectivity index (χ3n) is 1.63. The molecule has 0 fully saturated rings. The van der Waals surface area contributed by atoms with Crippen LogP contribution in [0.4, 0.5) is 0 Å². The Morgan fingerprint density at radius 1 is 1.53 bits per heavy atom. The van der Waals surface area contributed by atoms with Crippen molar-refractivity contribution >= 4 is 11.9 Å². The first-order valence-electron chi connectivity index (χ1n) is 4.80. The van der Waals surface area contributed by atoms with E-state index in [1.165, 1.54) is 11.0 Å². The number of aliphatic carboxylic acids is 1. The molecule has 0 aromatic carbocycles. The Kier molecular flexibility index (Phi) is 7.27. The van der Waals surface area contributed by atoms with Crippen LogP contribution in [0, 0.1) is 0 Å². The number of amides is 1. The molecule has 0 aromatic rings. The summed E-state index contributed by atoms with van der Waals surface area (Å²) in [6.45, 7) is 5.68. The number of carboxylic acids is 1. The normalized spacial score (nSPS) is 9.67. The first kappa shape index (κ1) is 13.6. The zero-order valence-electron chi connectivity index (χ0n) is 8.94. The summed E-state index contributed by atoms with van der Waals surface area (Å²) < 4.78 is 4.95. The fraction of sp³-hybridized carbons (Fsp3) is 0.600. The quantitative estimate of drug-likeness (QED) is 0.473. The number of hydrogen-bond donors (Lipinski definition) is 1. The number of rotatable bonds is 8. The van der Waals surface area contributed by atoms with Crippen molar-refractivity contribution in [1.82, 2.24) is 4.90 Å². The van der Waals surface area contributed by atoms with Gasteiger partial charge < -0.3 is 14.7 Å². The van der Waals surface area contributed by atoms with Gasteiger partial charge >= 0.3 is 5.97 Å². The minimum atomic E-state index is -1.01. The van der Waals surface area contributed by atoms with Gasteiger partial charge in [-0.1, -0.05) is 13.0 Å². The highest BCUT2D eigenvalue weighted by atomic mass is 16.5. The van der Waals surface area contributed by atoms with Crippen molar-refractivity contribution in [1.29, 1.82) is 0 Å². The van der Waals surface area contributed by atoms with Crippen LogP contribution < -0.4 is 0 Å². The zero-order valence-corrected chi connectivity index (χ0v) is 8.94. The van der Waals surface area contributed by atoms with Crippen LogP contribution >= 0.6 is 0 Å². The molecule has 0 heterocycles. The van der Waals surface area contributed by atoms with Gasteiger partial charge in [0.05, 0.1) is 6.61 Å². The van der Waals surface area contributed by atoms with Gasteiger partial charge in [0.2, 0.25) is 5.91 Å². The largest absolute Gasteiger partial charge is 0.480 e. The van der Waals surface area contributed by atoms with E-state index in [4.69, 9.17) is 9.84 Å². The van der Waals surface area contributed by atoms with Gasteiger partial charge in [-0.15, -0.1) is 6.58 Å². The van der Waals surface area contributed by atoms with Crippen molar-refractivity contribution < 1.29 is 19.4 Å². The van der Waals surface area contributed by atoms with Crippen LogP contribution in [-0.4, -0.2) is 48.2 Å². The van der Waals surface area contributed by atoms with Crippen molar-refractivity contribution in [3.05, 3.63) is 12.7 Å². The molecule has 5 nitrogen and oxygen atoms in total. The summed E-state index contributed by atoms with van der Waals surface area (Å²) in [5, 5.41) is 8.58. The molecule has 0 bridgehead atoms. The lowest BCUT2D eigenvalue weighted by atomic mass is 10.4. The van der Waals surface area contributed by atoms with Crippen molar-refractivity contribution in [3.8, 4) is 0 Å². The van der Waals surface area contributed by atoms with E-state index in [0.717, 1.165) is 6.42 Å². The number of carbonyl (C=O) groups is 2. The second kappa shape index (κ2) is 7.99. The van der Waals surface area contributed by atoms with Crippen LogP contribution in [0.1, 0.15) is 13.3 Å². The molecule has 1 amide bonds. The maximum atomic E-state index is 11.4. The van der Waals surface area contributed by atoms with E-state index in [-0.39, 0.29) is 19.1 Å². The Bertz CT molecular complexity index is 227. The molecule has 0 saturated carbocycles. The predicted octanol–water partition coefficient (Wildman–Crippen LogP) is 0.512. The van der Waals surface area contributed by atoms with Crippen molar-refractivity contribution in [2.45, 2.75) is 13.3 Å². The van der Waals surface area contributed by atoms with Gasteiger partial charge in [-0.05, 0) is 6.42 Å². The highest BCUT2D eigenvalue weighted by Gasteiger charge is 2.15. The van der Waals surface area contributed by atoms with Crippen LogP contribution in [0.15, 0.2) is 12.7 Å². The molecule has 0 aliphatic heterocycles. The van der Waals surface area contributed by atoms with E-state index in [0.29, 0.717) is 13.2 Å². The van der Waals surface area contributed by atoms with Crippen LogP contribution in [0.2, 0.25) is 0 Å². The van der Waals surface area contributed by atoms with E-state index >= 15 is 0 Å². The molecule has 5 heteroatoms. The third-order valence-corrected chi connectivity index (χ3v) is 1.63. The summed E-state index contributed by atoms with van der Waals surface area (Å²) >= 11 is 0. The number of carboxylic acid groups (broad SMARTS) is 1. The molecule has 86 valence electrons. The molecule has 0 radical (unpaired) electrons. The van der Waals surface area contributed by atoms with Gasteiger partial charge in [0.25, 0.3) is 0 Å². The smallest absolute Gasteiger partial charge is 0.323 e. The average molecular weight is 215 g/mol. The Morgan fingerprint density at radius 3 is 2.67 bits per heavy atom. The predicted molar refractivity (Wildman–Crippen MR) is 55.5 cm³/mol. The maximum absolute atomic E-state index is 11.4. The lowest BCUT2D eigenvalue weighted by Gasteiger charge is -2.19. The highest BCUT2D eigenvalue weighted by Crippen LogP contribution is 1.94. The standard InChI is InChI=1S/C10H17NO4/c1-3-5-11(7-10(13)14)9(12)8-15-6-4-2/h4H,2-3,5-8H2,1H3,(H,13,14). The molecule has 0 aromatic heterocycles. The highest BCUT2D eigenvalue weighted by molar-refractivity contribution is 5.82. The second-order valence-electron chi connectivity index (χ2n) is 3.01. The minimum Gasteiger partial charge on any atom is -0.480 e. The van der Waals surface area contributed by atoms with Crippen molar-refractivity contribution in [2.75, 3.05) is 26.3 Å². The molecule has 15 heavy (non-hydrogen) atoms. The van der Waals surface area contributed by atoms with Gasteiger partial charge in [-0.3, -0.25) is 9.59 Å². The molecular weight excluding hydrogens is 198 g/mol. The molecule has 0 aliphatic rings. The Balaban J connectivity index is 4.03. The fourth-order valence-corrected chi connectivity index (χ4v) is 1.05. The molecule has 0 aliphatic carbocycles. The van der Waals surface area contributed by atoms with Crippen LogP contribution in [-0.2, 0) is 14.3 Å². The molecule has 0 unspecified atom stereocenters. The molecule has 1 N–H and O–H groups in total. The monoisotopic (exact) mass is 215 g/mol. The second-order valence-corrected chi connectivity index (χ2v) is 3.01. The fourth-order valence-electron chi connectivity index (χ4n) is 1.05. The summed E-state index contributed by atoms with van der Waals surface area (Å²) in [6.07, 6.45) is 2.26. The van der Waals surface area contributed by atoms with Crippen LogP contribution in [0.5, 0.6) is 0 Å². The summed E-state index contributed by atoms with van der Waals surface area (Å²) in [4.78, 5) is 23.2. The maximum Gasteiger partial charge on any atom is 0.323 e. The lowest BCUT2D eigenvalue weighted by molar-refractivity contribution is -0.146. The van der Waals surface area contributed by atoms with E-state index in [1.54, 1.807) is 0 Å². The summed E-state index contributed by atoms with van der Waals surface area (Å²) in [5.41, 5.74) is 0. The van der Waals surface area contributed by atoms with Gasteiger partial charge in [-0.25, -0.2) is 0 Å². The number of ether oxygens (including phenoxy) is 1. The van der Waals surface area contributed by atoms with E-state index in [1.807, 2.05) is 6.92 Å². The number of nitrogens with zero attached hydrogens (tertiary/aromatic N) is 1. The molecule has 0 rings (SSSR count). The van der Waals surface area contributed by atoms with E-state index in [2.05, 4.69) is 6.58 Å². The zero-order chi connectivity index (χ0) is 11.7. The SMILES string of the molecule is C=CCOCC(=O)N(CCC)CC(=O)O. The van der Waals surface area contributed by atoms with Gasteiger partial charge in [0.1, 0.15) is 13.2 Å². The lowest BCUT2D eigenvalue weighted by Crippen LogP contribution is -2.38. The summed E-state index contributed by atoms with van der Waals surface area (Å²) in [5.74, 6) is -1.32. The topological polar surface area (TPSA) is 66.8 Å². The van der Waals surface area contributed by atoms with Gasteiger partial charge in [0, 0.05) is 6.54 Å². The first-order chi connectivity index (χ1) is 7.11.